The predicted octanol–water partition coefficient (Wildman–Crippen LogP) is 2.61. The highest BCUT2D eigenvalue weighted by Gasteiger charge is 2.13. The SMILES string of the molecule is Cc1ccc(NS(=O)(=O)CCNC(=O)c2ccccc2C)cc1F. The fourth-order valence-electron chi connectivity index (χ4n) is 2.11. The molecule has 128 valence electrons. The number of hydrogen-bond acceptors (Lipinski definition) is 3. The van der Waals surface area contributed by atoms with E-state index >= 15 is 0 Å². The fourth-order valence-corrected chi connectivity index (χ4v) is 3.07. The van der Waals surface area contributed by atoms with Crippen molar-refractivity contribution in [2.75, 3.05) is 17.0 Å². The van der Waals surface area contributed by atoms with Gasteiger partial charge in [0.2, 0.25) is 10.0 Å². The first-order chi connectivity index (χ1) is 11.3. The highest BCUT2D eigenvalue weighted by atomic mass is 32.2. The monoisotopic (exact) mass is 350 g/mol. The van der Waals surface area contributed by atoms with Gasteiger partial charge < -0.3 is 5.32 Å². The molecule has 0 aliphatic carbocycles. The molecule has 0 atom stereocenters. The first kappa shape index (κ1) is 17.9. The Hall–Kier alpha value is -2.41. The van der Waals surface area contributed by atoms with Crippen molar-refractivity contribution >= 4 is 21.6 Å². The Morgan fingerprint density at radius 3 is 2.46 bits per heavy atom. The van der Waals surface area contributed by atoms with E-state index in [1.54, 1.807) is 32.0 Å². The van der Waals surface area contributed by atoms with E-state index in [9.17, 15) is 17.6 Å². The highest BCUT2D eigenvalue weighted by Crippen LogP contribution is 2.15. The van der Waals surface area contributed by atoms with Gasteiger partial charge in [0.25, 0.3) is 5.91 Å². The molecule has 0 spiro atoms. The van der Waals surface area contributed by atoms with Crippen molar-refractivity contribution in [1.29, 1.82) is 0 Å². The average molecular weight is 350 g/mol. The molecule has 2 aromatic carbocycles. The molecule has 0 saturated heterocycles. The van der Waals surface area contributed by atoms with Gasteiger partial charge in [-0.05, 0) is 43.2 Å². The van der Waals surface area contributed by atoms with Gasteiger partial charge in [0.15, 0.2) is 0 Å². The lowest BCUT2D eigenvalue weighted by Crippen LogP contribution is -2.31. The van der Waals surface area contributed by atoms with E-state index in [2.05, 4.69) is 10.0 Å². The maximum atomic E-state index is 13.4. The maximum Gasteiger partial charge on any atom is 0.251 e. The van der Waals surface area contributed by atoms with Crippen molar-refractivity contribution in [2.24, 2.45) is 0 Å². The van der Waals surface area contributed by atoms with Crippen LogP contribution >= 0.6 is 0 Å². The van der Waals surface area contributed by atoms with Crippen molar-refractivity contribution in [3.05, 3.63) is 65.0 Å². The van der Waals surface area contributed by atoms with Gasteiger partial charge in [-0.1, -0.05) is 24.3 Å². The second-order valence-corrected chi connectivity index (χ2v) is 7.30. The number of carbonyl (C=O) groups excluding carboxylic acids is 1. The molecule has 0 radical (unpaired) electrons. The van der Waals surface area contributed by atoms with Gasteiger partial charge >= 0.3 is 0 Å². The molecular weight excluding hydrogens is 331 g/mol. The Morgan fingerprint density at radius 2 is 1.79 bits per heavy atom. The molecule has 5 nitrogen and oxygen atoms in total. The molecular formula is C17H19FN2O3S. The molecule has 0 aromatic heterocycles. The third-order valence-electron chi connectivity index (χ3n) is 3.49. The number of aryl methyl sites for hydroxylation is 2. The minimum absolute atomic E-state index is 0.0448. The van der Waals surface area contributed by atoms with Gasteiger partial charge in [-0.2, -0.15) is 0 Å². The summed E-state index contributed by atoms with van der Waals surface area (Å²) < 4.78 is 39.7. The normalized spacial score (nSPS) is 11.1. The molecule has 0 saturated carbocycles. The van der Waals surface area contributed by atoms with Crippen LogP contribution in [0.15, 0.2) is 42.5 Å². The topological polar surface area (TPSA) is 75.3 Å². The Kier molecular flexibility index (Phi) is 5.56. The van der Waals surface area contributed by atoms with Crippen LogP contribution in [0.25, 0.3) is 0 Å². The van der Waals surface area contributed by atoms with Gasteiger partial charge in [-0.3, -0.25) is 9.52 Å². The minimum atomic E-state index is -3.68. The molecule has 7 heteroatoms. The molecule has 0 heterocycles. The van der Waals surface area contributed by atoms with Crippen molar-refractivity contribution in [3.63, 3.8) is 0 Å². The largest absolute Gasteiger partial charge is 0.351 e. The zero-order valence-corrected chi connectivity index (χ0v) is 14.3. The Balaban J connectivity index is 1.92. The van der Waals surface area contributed by atoms with Crippen molar-refractivity contribution in [3.8, 4) is 0 Å². The molecule has 0 aliphatic heterocycles. The molecule has 1 amide bonds. The van der Waals surface area contributed by atoms with Crippen LogP contribution in [0.4, 0.5) is 10.1 Å². The lowest BCUT2D eigenvalue weighted by Gasteiger charge is -2.10. The molecule has 0 bridgehead atoms. The lowest BCUT2D eigenvalue weighted by molar-refractivity contribution is 0.0955. The number of amides is 1. The van der Waals surface area contributed by atoms with Gasteiger partial charge in [-0.25, -0.2) is 12.8 Å². The first-order valence-corrected chi connectivity index (χ1v) is 9.04. The van der Waals surface area contributed by atoms with Gasteiger partial charge in [-0.15, -0.1) is 0 Å². The molecule has 24 heavy (non-hydrogen) atoms. The Labute approximate surface area is 141 Å². The molecule has 0 unspecified atom stereocenters. The lowest BCUT2D eigenvalue weighted by atomic mass is 10.1. The van der Waals surface area contributed by atoms with Crippen LogP contribution in [0, 0.1) is 19.7 Å². The van der Waals surface area contributed by atoms with Crippen molar-refractivity contribution in [2.45, 2.75) is 13.8 Å². The number of nitrogens with one attached hydrogen (secondary N) is 2. The quantitative estimate of drug-likeness (QED) is 0.841. The van der Waals surface area contributed by atoms with Gasteiger partial charge in [0.05, 0.1) is 11.4 Å². The number of rotatable bonds is 6. The number of hydrogen-bond donors (Lipinski definition) is 2. The van der Waals surface area contributed by atoms with Crippen molar-refractivity contribution < 1.29 is 17.6 Å². The van der Waals surface area contributed by atoms with E-state index < -0.39 is 15.8 Å². The Bertz CT molecular complexity index is 851. The maximum absolute atomic E-state index is 13.4. The summed E-state index contributed by atoms with van der Waals surface area (Å²) >= 11 is 0. The van der Waals surface area contributed by atoms with E-state index in [4.69, 9.17) is 0 Å². The predicted molar refractivity (Wildman–Crippen MR) is 92.1 cm³/mol. The molecule has 0 aliphatic rings. The number of carbonyl (C=O) groups is 1. The van der Waals surface area contributed by atoms with Crippen LogP contribution in [-0.2, 0) is 10.0 Å². The van der Waals surface area contributed by atoms with Gasteiger partial charge in [0, 0.05) is 12.1 Å². The van der Waals surface area contributed by atoms with Crippen LogP contribution in [0.5, 0.6) is 0 Å². The van der Waals surface area contributed by atoms with Crippen LogP contribution < -0.4 is 10.0 Å². The zero-order valence-electron chi connectivity index (χ0n) is 13.5. The minimum Gasteiger partial charge on any atom is -0.351 e. The summed E-state index contributed by atoms with van der Waals surface area (Å²) in [4.78, 5) is 12.0. The second kappa shape index (κ2) is 7.44. The summed E-state index contributed by atoms with van der Waals surface area (Å²) in [5.74, 6) is -1.12. The van der Waals surface area contributed by atoms with E-state index in [0.717, 1.165) is 11.6 Å². The first-order valence-electron chi connectivity index (χ1n) is 7.39. The summed E-state index contributed by atoms with van der Waals surface area (Å²) in [6, 6.07) is 11.1. The second-order valence-electron chi connectivity index (χ2n) is 5.46. The van der Waals surface area contributed by atoms with E-state index in [0.29, 0.717) is 11.1 Å². The number of halogens is 1. The number of sulfonamides is 1. The smallest absolute Gasteiger partial charge is 0.251 e. The molecule has 2 N–H and O–H groups in total. The fraction of sp³-hybridized carbons (Fsp3) is 0.235. The summed E-state index contributed by atoms with van der Waals surface area (Å²) in [6.45, 7) is 3.35. The van der Waals surface area contributed by atoms with E-state index in [1.807, 2.05) is 6.07 Å². The van der Waals surface area contributed by atoms with Crippen molar-refractivity contribution in [1.82, 2.24) is 5.32 Å². The molecule has 2 aromatic rings. The van der Waals surface area contributed by atoms with Crippen LogP contribution in [-0.4, -0.2) is 26.6 Å². The molecule has 2 rings (SSSR count). The Morgan fingerprint density at radius 1 is 1.08 bits per heavy atom. The summed E-state index contributed by atoms with van der Waals surface area (Å²) in [5.41, 5.74) is 1.90. The highest BCUT2D eigenvalue weighted by molar-refractivity contribution is 7.92. The number of anilines is 1. The third-order valence-corrected chi connectivity index (χ3v) is 4.78. The van der Waals surface area contributed by atoms with E-state index in [-0.39, 0.29) is 23.9 Å². The van der Waals surface area contributed by atoms with Crippen LogP contribution in [0.2, 0.25) is 0 Å². The average Bonchev–Trinajstić information content (AvgIpc) is 2.51. The molecule has 0 fully saturated rings. The van der Waals surface area contributed by atoms with Gasteiger partial charge in [0.1, 0.15) is 5.82 Å². The zero-order chi connectivity index (χ0) is 17.7. The summed E-state index contributed by atoms with van der Waals surface area (Å²) in [7, 11) is -3.68. The summed E-state index contributed by atoms with van der Waals surface area (Å²) in [6.07, 6.45) is 0. The van der Waals surface area contributed by atoms with E-state index in [1.165, 1.54) is 12.1 Å². The number of benzene rings is 2. The standard InChI is InChI=1S/C17H19FN2O3S/c1-12-5-3-4-6-15(12)17(21)19-9-10-24(22,23)20-14-8-7-13(2)16(18)11-14/h3-8,11,20H,9-10H2,1-2H3,(H,19,21). The van der Waals surface area contributed by atoms with Crippen LogP contribution in [0.1, 0.15) is 21.5 Å². The van der Waals surface area contributed by atoms with Crippen LogP contribution in [0.3, 0.4) is 0 Å². The summed E-state index contributed by atoms with van der Waals surface area (Å²) in [5, 5.41) is 2.57. The third kappa shape index (κ3) is 4.79.